The van der Waals surface area contributed by atoms with Crippen LogP contribution in [0.5, 0.6) is 0 Å². The maximum absolute atomic E-state index is 4.06. The van der Waals surface area contributed by atoms with E-state index in [9.17, 15) is 0 Å². The fourth-order valence-corrected chi connectivity index (χ4v) is 1.80. The Labute approximate surface area is 90.0 Å². The molecule has 0 aromatic carbocycles. The van der Waals surface area contributed by atoms with Gasteiger partial charge in [0.15, 0.2) is 0 Å². The molecular formula is C13H27N. The van der Waals surface area contributed by atoms with Crippen molar-refractivity contribution in [2.24, 2.45) is 5.92 Å². The van der Waals surface area contributed by atoms with Crippen LogP contribution in [-0.2, 0) is 0 Å². The molecule has 0 radical (unpaired) electrons. The number of hydrogen-bond acceptors (Lipinski definition) is 1. The van der Waals surface area contributed by atoms with E-state index in [-0.39, 0.29) is 0 Å². The fraction of sp³-hybridized carbons (Fsp3) is 0.846. The van der Waals surface area contributed by atoms with Crippen LogP contribution in [-0.4, -0.2) is 12.6 Å². The summed E-state index contributed by atoms with van der Waals surface area (Å²) in [6.07, 6.45) is 4.80. The molecule has 0 bridgehead atoms. The van der Waals surface area contributed by atoms with E-state index in [1.807, 2.05) is 0 Å². The van der Waals surface area contributed by atoms with Crippen molar-refractivity contribution in [2.75, 3.05) is 6.54 Å². The predicted octanol–water partition coefficient (Wildman–Crippen LogP) is 3.76. The molecule has 0 fully saturated rings. The van der Waals surface area contributed by atoms with Crippen LogP contribution in [0.4, 0.5) is 0 Å². The van der Waals surface area contributed by atoms with Crippen LogP contribution in [0.2, 0.25) is 0 Å². The zero-order valence-corrected chi connectivity index (χ0v) is 10.4. The highest BCUT2D eigenvalue weighted by Crippen LogP contribution is 2.17. The summed E-state index contributed by atoms with van der Waals surface area (Å²) in [5, 5.41) is 3.52. The van der Waals surface area contributed by atoms with E-state index >= 15 is 0 Å². The molecule has 0 aromatic heterocycles. The second-order valence-electron chi connectivity index (χ2n) is 4.50. The Bertz CT molecular complexity index is 151. The van der Waals surface area contributed by atoms with Gasteiger partial charge in [-0.1, -0.05) is 32.9 Å². The first-order valence-corrected chi connectivity index (χ1v) is 6.00. The standard InChI is InChI=1S/C13H27N/c1-6-8-14-13(5)10-12(4)9-11(3)7-2/h12-14H,3,6-10H2,1-2,4-5H3/t12-,13+/m0/s1. The number of hydrogen-bond donors (Lipinski definition) is 1. The van der Waals surface area contributed by atoms with Crippen LogP contribution in [0.1, 0.15) is 53.4 Å². The SMILES string of the molecule is C=C(CC)C[C@H](C)C[C@@H](C)NCCC. The number of rotatable bonds is 8. The van der Waals surface area contributed by atoms with Gasteiger partial charge in [-0.2, -0.15) is 0 Å². The van der Waals surface area contributed by atoms with E-state index in [1.165, 1.54) is 24.8 Å². The molecule has 2 atom stereocenters. The van der Waals surface area contributed by atoms with Gasteiger partial charge in [0.25, 0.3) is 0 Å². The Balaban J connectivity index is 3.59. The summed E-state index contributed by atoms with van der Waals surface area (Å²) in [6, 6.07) is 0.648. The van der Waals surface area contributed by atoms with E-state index < -0.39 is 0 Å². The lowest BCUT2D eigenvalue weighted by Crippen LogP contribution is -2.28. The summed E-state index contributed by atoms with van der Waals surface area (Å²) < 4.78 is 0. The molecule has 0 spiro atoms. The lowest BCUT2D eigenvalue weighted by Gasteiger charge is -2.18. The summed E-state index contributed by atoms with van der Waals surface area (Å²) in [4.78, 5) is 0. The first-order chi connectivity index (χ1) is 6.60. The summed E-state index contributed by atoms with van der Waals surface area (Å²) in [6.45, 7) is 14.2. The Kier molecular flexibility index (Phi) is 7.87. The van der Waals surface area contributed by atoms with Gasteiger partial charge in [0.05, 0.1) is 0 Å². The molecule has 0 heterocycles. The van der Waals surface area contributed by atoms with E-state index in [4.69, 9.17) is 0 Å². The van der Waals surface area contributed by atoms with Gasteiger partial charge >= 0.3 is 0 Å². The number of nitrogens with one attached hydrogen (secondary N) is 1. The Morgan fingerprint density at radius 3 is 2.43 bits per heavy atom. The molecule has 0 aliphatic heterocycles. The van der Waals surface area contributed by atoms with E-state index in [2.05, 4.69) is 39.6 Å². The minimum absolute atomic E-state index is 0.648. The van der Waals surface area contributed by atoms with Gasteiger partial charge in [-0.3, -0.25) is 0 Å². The molecule has 0 rings (SSSR count). The highest BCUT2D eigenvalue weighted by atomic mass is 14.9. The van der Waals surface area contributed by atoms with Crippen molar-refractivity contribution < 1.29 is 0 Å². The van der Waals surface area contributed by atoms with Crippen LogP contribution in [0.15, 0.2) is 12.2 Å². The van der Waals surface area contributed by atoms with Crippen molar-refractivity contribution in [3.63, 3.8) is 0 Å². The van der Waals surface area contributed by atoms with Gasteiger partial charge in [0.2, 0.25) is 0 Å². The van der Waals surface area contributed by atoms with Crippen molar-refractivity contribution in [2.45, 2.75) is 59.4 Å². The second-order valence-corrected chi connectivity index (χ2v) is 4.50. The molecule has 1 nitrogen and oxygen atoms in total. The van der Waals surface area contributed by atoms with Crippen molar-refractivity contribution in [1.29, 1.82) is 0 Å². The first-order valence-electron chi connectivity index (χ1n) is 6.00. The molecule has 0 aromatic rings. The summed E-state index contributed by atoms with van der Waals surface area (Å²) >= 11 is 0. The van der Waals surface area contributed by atoms with Gasteiger partial charge in [-0.25, -0.2) is 0 Å². The van der Waals surface area contributed by atoms with E-state index in [0.717, 1.165) is 18.9 Å². The zero-order valence-electron chi connectivity index (χ0n) is 10.4. The molecular weight excluding hydrogens is 170 g/mol. The average Bonchev–Trinajstić information content (AvgIpc) is 2.14. The van der Waals surface area contributed by atoms with Crippen LogP contribution >= 0.6 is 0 Å². The molecule has 84 valence electrons. The molecule has 0 aliphatic rings. The zero-order chi connectivity index (χ0) is 11.0. The van der Waals surface area contributed by atoms with Gasteiger partial charge in [-0.15, -0.1) is 0 Å². The van der Waals surface area contributed by atoms with Crippen LogP contribution in [0, 0.1) is 5.92 Å². The highest BCUT2D eigenvalue weighted by Gasteiger charge is 2.08. The lowest BCUT2D eigenvalue weighted by molar-refractivity contribution is 0.417. The maximum Gasteiger partial charge on any atom is 0.00413 e. The fourth-order valence-electron chi connectivity index (χ4n) is 1.80. The van der Waals surface area contributed by atoms with Gasteiger partial charge in [0, 0.05) is 6.04 Å². The van der Waals surface area contributed by atoms with Gasteiger partial charge in [-0.05, 0) is 45.1 Å². The maximum atomic E-state index is 4.06. The normalized spacial score (nSPS) is 15.1. The van der Waals surface area contributed by atoms with Gasteiger partial charge < -0.3 is 5.32 Å². The molecule has 0 aliphatic carbocycles. The second kappa shape index (κ2) is 8.05. The summed E-state index contributed by atoms with van der Waals surface area (Å²) in [7, 11) is 0. The Hall–Kier alpha value is -0.300. The summed E-state index contributed by atoms with van der Waals surface area (Å²) in [5.74, 6) is 0.766. The average molecular weight is 197 g/mol. The Morgan fingerprint density at radius 2 is 1.93 bits per heavy atom. The molecule has 1 N–H and O–H groups in total. The quantitative estimate of drug-likeness (QED) is 0.584. The molecule has 0 saturated carbocycles. The monoisotopic (exact) mass is 197 g/mol. The summed E-state index contributed by atoms with van der Waals surface area (Å²) in [5.41, 5.74) is 1.39. The lowest BCUT2D eigenvalue weighted by atomic mass is 9.94. The van der Waals surface area contributed by atoms with E-state index in [0.29, 0.717) is 6.04 Å². The third-order valence-electron chi connectivity index (χ3n) is 2.64. The molecule has 1 heteroatoms. The third-order valence-corrected chi connectivity index (χ3v) is 2.64. The molecule has 0 unspecified atom stereocenters. The minimum atomic E-state index is 0.648. The van der Waals surface area contributed by atoms with Crippen molar-refractivity contribution >= 4 is 0 Å². The smallest absolute Gasteiger partial charge is 0.00413 e. The topological polar surface area (TPSA) is 12.0 Å². The minimum Gasteiger partial charge on any atom is -0.314 e. The molecule has 14 heavy (non-hydrogen) atoms. The highest BCUT2D eigenvalue weighted by molar-refractivity contribution is 4.94. The largest absolute Gasteiger partial charge is 0.314 e. The van der Waals surface area contributed by atoms with Gasteiger partial charge in [0.1, 0.15) is 0 Å². The van der Waals surface area contributed by atoms with Crippen molar-refractivity contribution in [3.8, 4) is 0 Å². The van der Waals surface area contributed by atoms with Crippen LogP contribution < -0.4 is 5.32 Å². The molecule has 0 saturated heterocycles. The van der Waals surface area contributed by atoms with E-state index in [1.54, 1.807) is 0 Å². The predicted molar refractivity (Wildman–Crippen MR) is 65.6 cm³/mol. The number of allylic oxidation sites excluding steroid dienone is 1. The third kappa shape index (κ3) is 7.14. The van der Waals surface area contributed by atoms with Crippen molar-refractivity contribution in [1.82, 2.24) is 5.32 Å². The van der Waals surface area contributed by atoms with Crippen molar-refractivity contribution in [3.05, 3.63) is 12.2 Å². The molecule has 0 amide bonds. The first kappa shape index (κ1) is 13.7. The van der Waals surface area contributed by atoms with Crippen LogP contribution in [0.3, 0.4) is 0 Å². The van der Waals surface area contributed by atoms with Crippen LogP contribution in [0.25, 0.3) is 0 Å². The Morgan fingerprint density at radius 1 is 1.29 bits per heavy atom.